The molecule has 0 N–H and O–H groups in total. The molecule has 0 amide bonds. The number of benzene rings is 1. The first-order chi connectivity index (χ1) is 8.38. The Morgan fingerprint density at radius 1 is 1.17 bits per heavy atom. The van der Waals surface area contributed by atoms with Gasteiger partial charge in [-0.3, -0.25) is 0 Å². The molecule has 1 aromatic carbocycles. The second-order valence-electron chi connectivity index (χ2n) is 5.58. The van der Waals surface area contributed by atoms with Crippen LogP contribution in [0.25, 0.3) is 0 Å². The molecule has 0 aromatic heterocycles. The predicted octanol–water partition coefficient (Wildman–Crippen LogP) is 3.97. The molecule has 18 heavy (non-hydrogen) atoms. The van der Waals surface area contributed by atoms with Gasteiger partial charge in [-0.15, -0.1) is 0 Å². The zero-order valence-corrected chi connectivity index (χ0v) is 12.3. The van der Waals surface area contributed by atoms with Crippen LogP contribution in [-0.2, 0) is 15.7 Å². The molecule has 1 fully saturated rings. The Bertz CT molecular complexity index is 436. The van der Waals surface area contributed by atoms with Crippen LogP contribution in [-0.4, -0.2) is 18.3 Å². The first-order valence-electron chi connectivity index (χ1n) is 6.47. The number of halogens is 1. The van der Waals surface area contributed by atoms with Crippen molar-refractivity contribution < 1.29 is 9.31 Å². The van der Waals surface area contributed by atoms with Crippen molar-refractivity contribution in [3.63, 3.8) is 0 Å². The van der Waals surface area contributed by atoms with E-state index in [1.807, 2.05) is 24.3 Å². The summed E-state index contributed by atoms with van der Waals surface area (Å²) >= 11 is 6.23. The summed E-state index contributed by atoms with van der Waals surface area (Å²) in [5, 5.41) is 0.790. The van der Waals surface area contributed by atoms with E-state index in [2.05, 4.69) is 27.7 Å². The van der Waals surface area contributed by atoms with Gasteiger partial charge in [0.25, 0.3) is 0 Å². The summed E-state index contributed by atoms with van der Waals surface area (Å²) < 4.78 is 12.1. The van der Waals surface area contributed by atoms with Crippen LogP contribution in [0.4, 0.5) is 0 Å². The van der Waals surface area contributed by atoms with Crippen molar-refractivity contribution in [3.05, 3.63) is 34.9 Å². The third-order valence-electron chi connectivity index (χ3n) is 3.91. The summed E-state index contributed by atoms with van der Waals surface area (Å²) in [6.07, 6.45) is 1.62. The van der Waals surface area contributed by atoms with Gasteiger partial charge in [0.15, 0.2) is 0 Å². The molecule has 0 spiro atoms. The van der Waals surface area contributed by atoms with Crippen LogP contribution in [0.2, 0.25) is 11.3 Å². The molecule has 0 bridgehead atoms. The average Bonchev–Trinajstić information content (AvgIpc) is 2.53. The highest BCUT2D eigenvalue weighted by Crippen LogP contribution is 2.41. The van der Waals surface area contributed by atoms with Gasteiger partial charge >= 0.3 is 7.12 Å². The van der Waals surface area contributed by atoms with E-state index in [9.17, 15) is 0 Å². The number of hydrogen-bond acceptors (Lipinski definition) is 2. The van der Waals surface area contributed by atoms with E-state index < -0.39 is 0 Å². The smallest absolute Gasteiger partial charge is 0.403 e. The summed E-state index contributed by atoms with van der Waals surface area (Å²) in [4.78, 5) is 0. The van der Waals surface area contributed by atoms with Gasteiger partial charge in [0.05, 0.1) is 11.2 Å². The molecule has 1 aromatic rings. The lowest BCUT2D eigenvalue weighted by molar-refractivity contribution is -0.00875. The minimum atomic E-state index is -0.349. The molecular formula is C14H20BClO2. The van der Waals surface area contributed by atoms with E-state index in [0.717, 1.165) is 23.3 Å². The van der Waals surface area contributed by atoms with Crippen LogP contribution >= 0.6 is 11.6 Å². The Hall–Kier alpha value is -0.505. The number of hydrogen-bond donors (Lipinski definition) is 0. The van der Waals surface area contributed by atoms with Crippen LogP contribution < -0.4 is 0 Å². The topological polar surface area (TPSA) is 18.5 Å². The van der Waals surface area contributed by atoms with Gasteiger partial charge in [-0.25, -0.2) is 0 Å². The van der Waals surface area contributed by atoms with Crippen LogP contribution in [0.3, 0.4) is 0 Å². The van der Waals surface area contributed by atoms with E-state index in [4.69, 9.17) is 20.9 Å². The highest BCUT2D eigenvalue weighted by atomic mass is 35.5. The molecule has 0 saturated carbocycles. The highest BCUT2D eigenvalue weighted by Gasteiger charge is 2.53. The van der Waals surface area contributed by atoms with Crippen molar-refractivity contribution in [2.24, 2.45) is 0 Å². The van der Waals surface area contributed by atoms with Gasteiger partial charge in [0.1, 0.15) is 0 Å². The Kier molecular flexibility index (Phi) is 3.77. The van der Waals surface area contributed by atoms with Crippen molar-refractivity contribution in [2.75, 3.05) is 0 Å². The molecule has 0 aliphatic carbocycles. The lowest BCUT2D eigenvalue weighted by Gasteiger charge is -2.36. The normalized spacial score (nSPS) is 26.6. The minimum Gasteiger partial charge on any atom is -0.403 e. The zero-order valence-electron chi connectivity index (χ0n) is 11.5. The maximum atomic E-state index is 6.23. The molecule has 1 heterocycles. The average molecular weight is 267 g/mol. The third-order valence-corrected chi connectivity index (χ3v) is 4.28. The van der Waals surface area contributed by atoms with Crippen LogP contribution in [0, 0.1) is 0 Å². The van der Waals surface area contributed by atoms with Crippen LogP contribution in [0.5, 0.6) is 0 Å². The summed E-state index contributed by atoms with van der Waals surface area (Å²) in [6.45, 7) is 8.34. The van der Waals surface area contributed by atoms with Gasteiger partial charge in [0, 0.05) is 11.4 Å². The van der Waals surface area contributed by atoms with Gasteiger partial charge in [-0.2, -0.15) is 0 Å². The van der Waals surface area contributed by atoms with E-state index in [-0.39, 0.29) is 18.3 Å². The van der Waals surface area contributed by atoms with Crippen LogP contribution in [0.15, 0.2) is 24.3 Å². The molecule has 98 valence electrons. The van der Waals surface area contributed by atoms with Gasteiger partial charge in [-0.1, -0.05) is 36.7 Å². The first-order valence-corrected chi connectivity index (χ1v) is 6.85. The third kappa shape index (κ3) is 2.44. The molecule has 1 aliphatic rings. The minimum absolute atomic E-state index is 0.118. The Labute approximate surface area is 115 Å². The fraction of sp³-hybridized carbons (Fsp3) is 0.571. The van der Waals surface area contributed by atoms with Crippen LogP contribution in [0.1, 0.15) is 33.3 Å². The van der Waals surface area contributed by atoms with Crippen molar-refractivity contribution >= 4 is 18.7 Å². The fourth-order valence-electron chi connectivity index (χ4n) is 2.34. The van der Waals surface area contributed by atoms with Gasteiger partial charge in [0.2, 0.25) is 0 Å². The highest BCUT2D eigenvalue weighted by molar-refractivity contribution is 6.45. The van der Waals surface area contributed by atoms with Gasteiger partial charge < -0.3 is 9.31 Å². The second kappa shape index (κ2) is 4.88. The molecule has 1 saturated heterocycles. The molecule has 1 atom stereocenters. The summed E-state index contributed by atoms with van der Waals surface area (Å²) in [6, 6.07) is 7.91. The van der Waals surface area contributed by atoms with Gasteiger partial charge in [-0.05, 0) is 38.7 Å². The number of rotatable bonds is 3. The molecule has 1 aliphatic heterocycles. The first kappa shape index (κ1) is 13.9. The maximum absolute atomic E-state index is 6.23. The molecule has 4 heteroatoms. The Morgan fingerprint density at radius 2 is 1.83 bits per heavy atom. The van der Waals surface area contributed by atoms with E-state index >= 15 is 0 Å². The quantitative estimate of drug-likeness (QED) is 0.771. The predicted molar refractivity (Wildman–Crippen MR) is 76.0 cm³/mol. The lowest BCUT2D eigenvalue weighted by Crippen LogP contribution is -2.46. The Balaban J connectivity index is 2.24. The fourth-order valence-corrected chi connectivity index (χ4v) is 2.54. The molecule has 0 radical (unpaired) electrons. The second-order valence-corrected chi connectivity index (χ2v) is 5.99. The van der Waals surface area contributed by atoms with Crippen molar-refractivity contribution in [3.8, 4) is 0 Å². The summed E-state index contributed by atoms with van der Waals surface area (Å²) in [5.41, 5.74) is 0.445. The molecular weight excluding hydrogens is 246 g/mol. The molecule has 2 rings (SSSR count). The SMILES string of the molecule is CCB1OC(C)(C)C(C)(Cc2ccccc2Cl)O1. The summed E-state index contributed by atoms with van der Waals surface area (Å²) in [5.74, 6) is 0. The zero-order chi connectivity index (χ0) is 13.4. The van der Waals surface area contributed by atoms with Crippen molar-refractivity contribution in [2.45, 2.75) is 51.6 Å². The Morgan fingerprint density at radius 3 is 2.39 bits per heavy atom. The largest absolute Gasteiger partial charge is 0.457 e. The standard InChI is InChI=1S/C14H20BClO2/c1-5-15-17-13(2,3)14(4,18-15)10-11-8-6-7-9-12(11)16/h6-9H,5,10H2,1-4H3. The lowest BCUT2D eigenvalue weighted by atomic mass is 9.82. The molecule has 1 unspecified atom stereocenters. The molecule has 2 nitrogen and oxygen atoms in total. The van der Waals surface area contributed by atoms with Crippen molar-refractivity contribution in [1.29, 1.82) is 0 Å². The van der Waals surface area contributed by atoms with E-state index in [1.165, 1.54) is 0 Å². The summed E-state index contributed by atoms with van der Waals surface area (Å²) in [7, 11) is -0.118. The van der Waals surface area contributed by atoms with Crippen molar-refractivity contribution in [1.82, 2.24) is 0 Å². The van der Waals surface area contributed by atoms with E-state index in [0.29, 0.717) is 0 Å². The van der Waals surface area contributed by atoms with E-state index in [1.54, 1.807) is 0 Å². The maximum Gasteiger partial charge on any atom is 0.457 e. The monoisotopic (exact) mass is 266 g/mol.